The highest BCUT2D eigenvalue weighted by Crippen LogP contribution is 2.56. The number of hydrogen-bond acceptors (Lipinski definition) is 1. The molecule has 2 aliphatic rings. The van der Waals surface area contributed by atoms with Crippen LogP contribution in [0, 0.1) is 28.9 Å². The first-order valence-corrected chi connectivity index (χ1v) is 11.2. The molecule has 0 spiro atoms. The molecule has 2 unspecified atom stereocenters. The molecule has 2 atom stereocenters. The first-order valence-electron chi connectivity index (χ1n) is 11.2. The zero-order valence-corrected chi connectivity index (χ0v) is 17.1. The van der Waals surface area contributed by atoms with Crippen molar-refractivity contribution in [1.82, 2.24) is 0 Å². The Bertz CT molecular complexity index is 667. The minimum absolute atomic E-state index is 0.130. The van der Waals surface area contributed by atoms with Gasteiger partial charge in [0.05, 0.1) is 5.41 Å². The quantitative estimate of drug-likeness (QED) is 0.503. The van der Waals surface area contributed by atoms with E-state index in [1.54, 1.807) is 6.07 Å². The maximum Gasteiger partial charge on any atom is 0.310 e. The van der Waals surface area contributed by atoms with Crippen LogP contribution in [-0.4, -0.2) is 11.1 Å². The second-order valence-corrected chi connectivity index (χ2v) is 9.03. The number of carboxylic acids is 1. The number of rotatable bonds is 7. The van der Waals surface area contributed by atoms with Crippen molar-refractivity contribution in [3.8, 4) is 0 Å². The van der Waals surface area contributed by atoms with E-state index in [-0.39, 0.29) is 11.8 Å². The van der Waals surface area contributed by atoms with Gasteiger partial charge in [-0.1, -0.05) is 64.4 Å². The molecule has 2 aliphatic carbocycles. The Hall–Kier alpha value is -1.45. The van der Waals surface area contributed by atoms with Gasteiger partial charge < -0.3 is 5.11 Å². The summed E-state index contributed by atoms with van der Waals surface area (Å²) in [4.78, 5) is 12.6. The first kappa shape index (κ1) is 21.3. The van der Waals surface area contributed by atoms with Crippen molar-refractivity contribution >= 4 is 5.97 Å². The van der Waals surface area contributed by atoms with E-state index in [0.29, 0.717) is 12.0 Å². The Morgan fingerprint density at radius 1 is 1.07 bits per heavy atom. The second-order valence-electron chi connectivity index (χ2n) is 9.03. The summed E-state index contributed by atoms with van der Waals surface area (Å²) in [5, 5.41) is 10.4. The summed E-state index contributed by atoms with van der Waals surface area (Å²) in [7, 11) is 0. The van der Waals surface area contributed by atoms with Crippen molar-refractivity contribution in [2.45, 2.75) is 89.9 Å². The normalized spacial score (nSPS) is 30.9. The van der Waals surface area contributed by atoms with Gasteiger partial charge in [0, 0.05) is 5.92 Å². The van der Waals surface area contributed by atoms with E-state index < -0.39 is 23.0 Å². The predicted octanol–water partition coefficient (Wildman–Crippen LogP) is 7.08. The lowest BCUT2D eigenvalue weighted by molar-refractivity contribution is -0.159. The van der Waals surface area contributed by atoms with Gasteiger partial charge in [-0.2, -0.15) is 0 Å². The second kappa shape index (κ2) is 9.37. The first-order chi connectivity index (χ1) is 13.5. The molecule has 0 amide bonds. The highest BCUT2D eigenvalue weighted by molar-refractivity contribution is 5.77. The summed E-state index contributed by atoms with van der Waals surface area (Å²) in [5.74, 6) is -1.85. The van der Waals surface area contributed by atoms with Gasteiger partial charge in [-0.15, -0.1) is 0 Å². The van der Waals surface area contributed by atoms with E-state index in [0.717, 1.165) is 56.9 Å². The summed E-state index contributed by atoms with van der Waals surface area (Å²) in [6, 6.07) is 3.98. The summed E-state index contributed by atoms with van der Waals surface area (Å²) in [6.45, 7) is 2.22. The standard InChI is InChI=1S/C24H34F2O2/c1-2-3-4-7-17-9-12-19(13-10-17)24(23(27)28)15-6-5-8-20(24)18-11-14-21(25)22(26)16-18/h11,14,16-17,19-20H,2-10,12-13,15H2,1H3,(H,27,28). The smallest absolute Gasteiger partial charge is 0.310 e. The number of hydrogen-bond donors (Lipinski definition) is 1. The fourth-order valence-corrected chi connectivity index (χ4v) is 5.96. The molecule has 0 heterocycles. The van der Waals surface area contributed by atoms with Gasteiger partial charge >= 0.3 is 5.97 Å². The zero-order valence-electron chi connectivity index (χ0n) is 17.1. The van der Waals surface area contributed by atoms with Crippen LogP contribution in [-0.2, 0) is 4.79 Å². The Balaban J connectivity index is 1.81. The van der Waals surface area contributed by atoms with Gasteiger partial charge in [0.25, 0.3) is 0 Å². The lowest BCUT2D eigenvalue weighted by Gasteiger charge is -2.48. The molecule has 0 bridgehead atoms. The topological polar surface area (TPSA) is 37.3 Å². The molecule has 156 valence electrons. The molecule has 1 aromatic carbocycles. The van der Waals surface area contributed by atoms with Crippen LogP contribution < -0.4 is 0 Å². The van der Waals surface area contributed by atoms with Gasteiger partial charge in [-0.05, 0) is 55.2 Å². The maximum atomic E-state index is 13.9. The minimum atomic E-state index is -0.873. The number of aliphatic carboxylic acids is 1. The van der Waals surface area contributed by atoms with Crippen molar-refractivity contribution in [2.75, 3.05) is 0 Å². The summed E-state index contributed by atoms with van der Waals surface area (Å²) in [6.07, 6.45) is 12.4. The average Bonchev–Trinajstić information content (AvgIpc) is 2.70. The van der Waals surface area contributed by atoms with Crippen molar-refractivity contribution in [3.05, 3.63) is 35.4 Å². The molecule has 0 aromatic heterocycles. The molecule has 28 heavy (non-hydrogen) atoms. The number of carbonyl (C=O) groups is 1. The Morgan fingerprint density at radius 2 is 1.82 bits per heavy atom. The molecule has 2 nitrogen and oxygen atoms in total. The monoisotopic (exact) mass is 392 g/mol. The molecular weight excluding hydrogens is 358 g/mol. The van der Waals surface area contributed by atoms with Crippen LogP contribution in [0.2, 0.25) is 0 Å². The zero-order chi connectivity index (χ0) is 20.1. The van der Waals surface area contributed by atoms with E-state index in [1.165, 1.54) is 31.7 Å². The van der Waals surface area contributed by atoms with Crippen LogP contribution in [0.3, 0.4) is 0 Å². The van der Waals surface area contributed by atoms with Crippen molar-refractivity contribution in [2.24, 2.45) is 17.3 Å². The summed E-state index contributed by atoms with van der Waals surface area (Å²) >= 11 is 0. The molecule has 1 N–H and O–H groups in total. The molecule has 1 aromatic rings. The lowest BCUT2D eigenvalue weighted by Crippen LogP contribution is -2.47. The summed E-state index contributed by atoms with van der Waals surface area (Å²) in [5.41, 5.74) is -0.178. The van der Waals surface area contributed by atoms with Crippen molar-refractivity contribution in [3.63, 3.8) is 0 Å². The molecule has 0 radical (unpaired) electrons. The maximum absolute atomic E-state index is 13.9. The molecule has 2 saturated carbocycles. The number of halogens is 2. The largest absolute Gasteiger partial charge is 0.481 e. The molecule has 3 rings (SSSR count). The summed E-state index contributed by atoms with van der Waals surface area (Å²) < 4.78 is 27.4. The molecule has 4 heteroatoms. The van der Waals surface area contributed by atoms with E-state index in [9.17, 15) is 18.7 Å². The third kappa shape index (κ3) is 4.26. The van der Waals surface area contributed by atoms with Crippen LogP contribution in [0.15, 0.2) is 18.2 Å². The predicted molar refractivity (Wildman–Crippen MR) is 107 cm³/mol. The Kier molecular flexibility index (Phi) is 7.11. The van der Waals surface area contributed by atoms with E-state index in [1.807, 2.05) is 0 Å². The minimum Gasteiger partial charge on any atom is -0.481 e. The number of unbranched alkanes of at least 4 members (excludes halogenated alkanes) is 2. The van der Waals surface area contributed by atoms with Crippen molar-refractivity contribution in [1.29, 1.82) is 0 Å². The Labute approximate surface area is 167 Å². The van der Waals surface area contributed by atoms with Gasteiger partial charge in [0.1, 0.15) is 0 Å². The third-order valence-corrected chi connectivity index (χ3v) is 7.49. The SMILES string of the molecule is CCCCCC1CCC(C2(C(=O)O)CCCCC2c2ccc(F)c(F)c2)CC1. The molecule has 0 saturated heterocycles. The fraction of sp³-hybridized carbons (Fsp3) is 0.708. The van der Waals surface area contributed by atoms with Gasteiger partial charge in [0.15, 0.2) is 11.6 Å². The number of carboxylic acid groups (broad SMARTS) is 1. The molecule has 2 fully saturated rings. The van der Waals surface area contributed by atoms with Gasteiger partial charge in [-0.3, -0.25) is 4.79 Å². The van der Waals surface area contributed by atoms with E-state index in [2.05, 4.69) is 6.92 Å². The van der Waals surface area contributed by atoms with Crippen LogP contribution in [0.25, 0.3) is 0 Å². The van der Waals surface area contributed by atoms with Gasteiger partial charge in [0.2, 0.25) is 0 Å². The molecule has 0 aliphatic heterocycles. The van der Waals surface area contributed by atoms with Crippen molar-refractivity contribution < 1.29 is 18.7 Å². The molecular formula is C24H34F2O2. The highest BCUT2D eigenvalue weighted by atomic mass is 19.2. The number of benzene rings is 1. The van der Waals surface area contributed by atoms with Crippen LogP contribution >= 0.6 is 0 Å². The van der Waals surface area contributed by atoms with E-state index in [4.69, 9.17) is 0 Å². The fourth-order valence-electron chi connectivity index (χ4n) is 5.96. The lowest BCUT2D eigenvalue weighted by atomic mass is 9.54. The van der Waals surface area contributed by atoms with Gasteiger partial charge in [-0.25, -0.2) is 8.78 Å². The highest BCUT2D eigenvalue weighted by Gasteiger charge is 2.53. The third-order valence-electron chi connectivity index (χ3n) is 7.49. The van der Waals surface area contributed by atoms with Crippen LogP contribution in [0.5, 0.6) is 0 Å². The van der Waals surface area contributed by atoms with E-state index >= 15 is 0 Å². The van der Waals surface area contributed by atoms with Crippen LogP contribution in [0.4, 0.5) is 8.78 Å². The van der Waals surface area contributed by atoms with Crippen LogP contribution in [0.1, 0.15) is 95.5 Å². The average molecular weight is 393 g/mol. The Morgan fingerprint density at radius 3 is 2.46 bits per heavy atom.